The summed E-state index contributed by atoms with van der Waals surface area (Å²) < 4.78 is 10.7. The largest absolute Gasteiger partial charge is 0.454 e. The third kappa shape index (κ3) is 2.78. The second-order valence-corrected chi connectivity index (χ2v) is 5.89. The number of hydrogen-bond donors (Lipinski definition) is 2. The van der Waals surface area contributed by atoms with Gasteiger partial charge in [0.25, 0.3) is 0 Å². The Kier molecular flexibility index (Phi) is 3.58. The van der Waals surface area contributed by atoms with Gasteiger partial charge in [-0.05, 0) is 25.0 Å². The van der Waals surface area contributed by atoms with E-state index in [1.54, 1.807) is 12.1 Å². The molecule has 1 fully saturated rings. The fraction of sp³-hybridized carbons (Fsp3) is 0.353. The minimum absolute atomic E-state index is 0.108. The number of carbonyl (C=O) groups is 1. The first-order chi connectivity index (χ1) is 11.7. The first-order valence-corrected chi connectivity index (χ1v) is 7.90. The number of aromatic nitrogens is 1. The van der Waals surface area contributed by atoms with Crippen molar-refractivity contribution in [2.75, 3.05) is 25.2 Å². The van der Waals surface area contributed by atoms with Gasteiger partial charge in [-0.2, -0.15) is 5.26 Å². The number of carbonyl (C=O) groups excluding carboxylic acids is 1. The van der Waals surface area contributed by atoms with Crippen LogP contribution >= 0.6 is 0 Å². The van der Waals surface area contributed by atoms with Crippen molar-refractivity contribution >= 4 is 22.6 Å². The summed E-state index contributed by atoms with van der Waals surface area (Å²) in [5, 5.41) is 16.2. The van der Waals surface area contributed by atoms with Crippen LogP contribution in [0.2, 0.25) is 0 Å². The van der Waals surface area contributed by atoms with Crippen molar-refractivity contribution in [2.24, 2.45) is 5.92 Å². The second-order valence-electron chi connectivity index (χ2n) is 5.89. The molecule has 0 atom stereocenters. The molecule has 2 heterocycles. The highest BCUT2D eigenvalue weighted by molar-refractivity contribution is 5.86. The van der Waals surface area contributed by atoms with Crippen molar-refractivity contribution in [3.05, 3.63) is 23.8 Å². The van der Waals surface area contributed by atoms with Gasteiger partial charge in [0, 0.05) is 30.5 Å². The van der Waals surface area contributed by atoms with E-state index in [0.717, 1.165) is 23.7 Å². The summed E-state index contributed by atoms with van der Waals surface area (Å²) in [6.45, 7) is 1.21. The number of nitriles is 1. The van der Waals surface area contributed by atoms with Gasteiger partial charge in [-0.25, -0.2) is 4.98 Å². The number of nitrogens with zero attached hydrogens (tertiary/aromatic N) is 2. The Labute approximate surface area is 138 Å². The maximum Gasteiger partial charge on any atom is 0.231 e. The molecule has 2 aliphatic rings. The molecule has 1 amide bonds. The summed E-state index contributed by atoms with van der Waals surface area (Å²) in [6.07, 6.45) is 1.97. The van der Waals surface area contributed by atoms with Gasteiger partial charge in [0.2, 0.25) is 12.7 Å². The molecule has 7 nitrogen and oxygen atoms in total. The molecule has 122 valence electrons. The predicted molar refractivity (Wildman–Crippen MR) is 86.8 cm³/mol. The second kappa shape index (κ2) is 5.89. The highest BCUT2D eigenvalue weighted by Gasteiger charge is 2.29. The van der Waals surface area contributed by atoms with E-state index in [4.69, 9.17) is 9.47 Å². The van der Waals surface area contributed by atoms with Gasteiger partial charge >= 0.3 is 0 Å². The van der Waals surface area contributed by atoms with Gasteiger partial charge in [0.1, 0.15) is 11.9 Å². The van der Waals surface area contributed by atoms with Crippen LogP contribution in [0.5, 0.6) is 11.5 Å². The molecule has 0 unspecified atom stereocenters. The van der Waals surface area contributed by atoms with Gasteiger partial charge in [-0.3, -0.25) is 4.79 Å². The molecule has 1 saturated carbocycles. The molecule has 1 aromatic carbocycles. The zero-order valence-corrected chi connectivity index (χ0v) is 13.0. The lowest BCUT2D eigenvalue weighted by Crippen LogP contribution is -2.30. The normalized spacial score (nSPS) is 15.1. The molecule has 2 aromatic rings. The van der Waals surface area contributed by atoms with E-state index in [2.05, 4.69) is 21.7 Å². The topological polar surface area (TPSA) is 96.3 Å². The Balaban J connectivity index is 1.50. The van der Waals surface area contributed by atoms with E-state index in [1.807, 2.05) is 6.07 Å². The molecule has 7 heteroatoms. The van der Waals surface area contributed by atoms with E-state index in [0.29, 0.717) is 36.0 Å². The minimum Gasteiger partial charge on any atom is -0.454 e. The fourth-order valence-corrected chi connectivity index (χ4v) is 2.64. The van der Waals surface area contributed by atoms with Crippen LogP contribution in [0, 0.1) is 17.2 Å². The van der Waals surface area contributed by atoms with Crippen LogP contribution in [0.25, 0.3) is 10.9 Å². The lowest BCUT2D eigenvalue weighted by molar-refractivity contribution is -0.122. The first-order valence-electron chi connectivity index (χ1n) is 7.90. The quantitative estimate of drug-likeness (QED) is 0.814. The molecule has 0 saturated heterocycles. The molecule has 24 heavy (non-hydrogen) atoms. The number of nitrogens with one attached hydrogen (secondary N) is 2. The van der Waals surface area contributed by atoms with Crippen molar-refractivity contribution in [2.45, 2.75) is 12.8 Å². The van der Waals surface area contributed by atoms with Gasteiger partial charge in [0.05, 0.1) is 11.1 Å². The summed E-state index contributed by atoms with van der Waals surface area (Å²) in [5.41, 5.74) is 1.18. The van der Waals surface area contributed by atoms with E-state index < -0.39 is 0 Å². The molecule has 1 aliphatic heterocycles. The molecule has 1 aliphatic carbocycles. The maximum atomic E-state index is 11.6. The van der Waals surface area contributed by atoms with Crippen LogP contribution in [0.15, 0.2) is 18.2 Å². The lowest BCUT2D eigenvalue weighted by Gasteiger charge is -2.10. The molecular formula is C17H16N4O3. The average molecular weight is 324 g/mol. The van der Waals surface area contributed by atoms with Crippen LogP contribution < -0.4 is 20.1 Å². The number of anilines is 1. The van der Waals surface area contributed by atoms with Crippen molar-refractivity contribution in [3.8, 4) is 17.6 Å². The zero-order chi connectivity index (χ0) is 16.5. The van der Waals surface area contributed by atoms with Crippen LogP contribution in [0.3, 0.4) is 0 Å². The monoisotopic (exact) mass is 324 g/mol. The third-order valence-corrected chi connectivity index (χ3v) is 4.09. The van der Waals surface area contributed by atoms with Crippen LogP contribution in [0.4, 0.5) is 5.82 Å². The Hall–Kier alpha value is -3.01. The summed E-state index contributed by atoms with van der Waals surface area (Å²) in [4.78, 5) is 16.1. The molecule has 4 rings (SSSR count). The van der Waals surface area contributed by atoms with Gasteiger partial charge < -0.3 is 20.1 Å². The van der Waals surface area contributed by atoms with E-state index >= 15 is 0 Å². The van der Waals surface area contributed by atoms with Crippen molar-refractivity contribution in [3.63, 3.8) is 0 Å². The molecule has 0 radical (unpaired) electrons. The first kappa shape index (κ1) is 14.6. The Bertz CT molecular complexity index is 855. The van der Waals surface area contributed by atoms with Crippen LogP contribution in [0.1, 0.15) is 18.4 Å². The standard InChI is InChI=1S/C17H16N4O3/c18-8-12-5-11-6-14-15(24-9-23-14)7-13(11)21-16(12)19-3-4-20-17(22)10-1-2-10/h5-7,10H,1-4,9H2,(H,19,21)(H,20,22). The molecule has 1 aromatic heterocycles. The molecular weight excluding hydrogens is 308 g/mol. The Morgan fingerprint density at radius 3 is 2.79 bits per heavy atom. The SMILES string of the molecule is N#Cc1cc2cc3c(cc2nc1NCCNC(=O)C1CC1)OCO3. The lowest BCUT2D eigenvalue weighted by atomic mass is 10.1. The number of pyridine rings is 1. The van der Waals surface area contributed by atoms with Gasteiger partial charge in [-0.15, -0.1) is 0 Å². The zero-order valence-electron chi connectivity index (χ0n) is 13.0. The summed E-state index contributed by atoms with van der Waals surface area (Å²) in [7, 11) is 0. The number of ether oxygens (including phenoxy) is 2. The van der Waals surface area contributed by atoms with Crippen LogP contribution in [-0.2, 0) is 4.79 Å². The van der Waals surface area contributed by atoms with Gasteiger partial charge in [0.15, 0.2) is 11.5 Å². The molecule has 0 spiro atoms. The van der Waals surface area contributed by atoms with Crippen molar-refractivity contribution in [1.29, 1.82) is 5.26 Å². The molecule has 0 bridgehead atoms. The predicted octanol–water partition coefficient (Wildman–Crippen LogP) is 1.77. The average Bonchev–Trinajstić information content (AvgIpc) is 3.35. The summed E-state index contributed by atoms with van der Waals surface area (Å²) in [6, 6.07) is 7.55. The third-order valence-electron chi connectivity index (χ3n) is 4.09. The summed E-state index contributed by atoms with van der Waals surface area (Å²) >= 11 is 0. The van der Waals surface area contributed by atoms with Gasteiger partial charge in [-0.1, -0.05) is 0 Å². The number of amides is 1. The number of benzene rings is 1. The highest BCUT2D eigenvalue weighted by Crippen LogP contribution is 2.36. The number of fused-ring (bicyclic) bond motifs is 2. The minimum atomic E-state index is 0.108. The Morgan fingerprint density at radius 2 is 2.04 bits per heavy atom. The highest BCUT2D eigenvalue weighted by atomic mass is 16.7. The Morgan fingerprint density at radius 1 is 1.25 bits per heavy atom. The van der Waals surface area contributed by atoms with E-state index in [1.165, 1.54) is 0 Å². The summed E-state index contributed by atoms with van der Waals surface area (Å²) in [5.74, 6) is 2.13. The fourth-order valence-electron chi connectivity index (χ4n) is 2.64. The van der Waals surface area contributed by atoms with Crippen molar-refractivity contribution in [1.82, 2.24) is 10.3 Å². The molecule has 2 N–H and O–H groups in total. The maximum absolute atomic E-state index is 11.6. The van der Waals surface area contributed by atoms with Crippen LogP contribution in [-0.4, -0.2) is 30.8 Å². The van der Waals surface area contributed by atoms with E-state index in [9.17, 15) is 10.1 Å². The van der Waals surface area contributed by atoms with Crippen molar-refractivity contribution < 1.29 is 14.3 Å². The smallest absolute Gasteiger partial charge is 0.231 e. The van der Waals surface area contributed by atoms with E-state index in [-0.39, 0.29) is 18.6 Å². The number of rotatable bonds is 5. The number of hydrogen-bond acceptors (Lipinski definition) is 6.